The topological polar surface area (TPSA) is 49.3 Å². The number of carbonyl (C=O) groups is 1. The highest BCUT2D eigenvalue weighted by molar-refractivity contribution is 5.70. The third-order valence-electron chi connectivity index (χ3n) is 3.73. The van der Waals surface area contributed by atoms with Gasteiger partial charge in [-0.2, -0.15) is 13.2 Å². The molecule has 0 radical (unpaired) electrons. The van der Waals surface area contributed by atoms with Crippen LogP contribution in [0.15, 0.2) is 18.2 Å². The van der Waals surface area contributed by atoms with Crippen molar-refractivity contribution in [2.75, 3.05) is 5.32 Å². The minimum atomic E-state index is -4.57. The first-order chi connectivity index (χ1) is 9.77. The van der Waals surface area contributed by atoms with Gasteiger partial charge < -0.3 is 10.4 Å². The standard InChI is InChI=1S/C14H15F4NO2/c15-11-7-9(14(16,17)18)3-6-12(11)19-10-4-1-8(2-5-10)13(20)21/h3,6-8,10,19H,1-2,4-5H2,(H,20,21). The minimum absolute atomic E-state index is 0.0155. The van der Waals surface area contributed by atoms with E-state index in [1.165, 1.54) is 0 Å². The molecular weight excluding hydrogens is 290 g/mol. The SMILES string of the molecule is O=C(O)C1CCC(Nc2ccc(C(F)(F)F)cc2F)CC1. The molecule has 0 aliphatic heterocycles. The number of anilines is 1. The molecule has 116 valence electrons. The molecule has 0 bridgehead atoms. The molecular formula is C14H15F4NO2. The summed E-state index contributed by atoms with van der Waals surface area (Å²) in [5.74, 6) is -2.18. The predicted octanol–water partition coefficient (Wildman–Crippen LogP) is 3.90. The van der Waals surface area contributed by atoms with Gasteiger partial charge in [-0.25, -0.2) is 4.39 Å². The molecule has 7 heteroatoms. The van der Waals surface area contributed by atoms with Crippen molar-refractivity contribution in [1.29, 1.82) is 0 Å². The molecule has 1 aliphatic carbocycles. The fourth-order valence-electron chi connectivity index (χ4n) is 2.51. The Balaban J connectivity index is 2.00. The first-order valence-electron chi connectivity index (χ1n) is 6.63. The van der Waals surface area contributed by atoms with Gasteiger partial charge in [0.2, 0.25) is 0 Å². The molecule has 0 spiro atoms. The number of carboxylic acids is 1. The zero-order valence-electron chi connectivity index (χ0n) is 11.1. The van der Waals surface area contributed by atoms with Crippen molar-refractivity contribution < 1.29 is 27.5 Å². The van der Waals surface area contributed by atoms with Crippen LogP contribution in [0.2, 0.25) is 0 Å². The fourth-order valence-corrected chi connectivity index (χ4v) is 2.51. The van der Waals surface area contributed by atoms with Crippen LogP contribution >= 0.6 is 0 Å². The second-order valence-corrected chi connectivity index (χ2v) is 5.22. The third kappa shape index (κ3) is 3.86. The number of halogens is 4. The van der Waals surface area contributed by atoms with Crippen LogP contribution in [-0.4, -0.2) is 17.1 Å². The first-order valence-corrected chi connectivity index (χ1v) is 6.63. The summed E-state index contributed by atoms with van der Waals surface area (Å²) >= 11 is 0. The molecule has 0 amide bonds. The van der Waals surface area contributed by atoms with E-state index in [1.54, 1.807) is 0 Å². The average molecular weight is 305 g/mol. The zero-order valence-corrected chi connectivity index (χ0v) is 11.1. The number of rotatable bonds is 3. The smallest absolute Gasteiger partial charge is 0.416 e. The molecule has 0 aromatic heterocycles. The van der Waals surface area contributed by atoms with Crippen LogP contribution in [-0.2, 0) is 11.0 Å². The van der Waals surface area contributed by atoms with Gasteiger partial charge in [-0.15, -0.1) is 0 Å². The Labute approximate surface area is 119 Å². The van der Waals surface area contributed by atoms with E-state index in [-0.39, 0.29) is 17.6 Å². The molecule has 0 atom stereocenters. The summed E-state index contributed by atoms with van der Waals surface area (Å²) in [5, 5.41) is 11.7. The molecule has 1 aromatic carbocycles. The zero-order chi connectivity index (χ0) is 15.6. The number of hydrogen-bond acceptors (Lipinski definition) is 2. The summed E-state index contributed by atoms with van der Waals surface area (Å²) < 4.78 is 51.0. The maximum absolute atomic E-state index is 13.7. The summed E-state index contributed by atoms with van der Waals surface area (Å²) in [6.07, 6.45) is -2.50. The van der Waals surface area contributed by atoms with Gasteiger partial charge in [-0.1, -0.05) is 0 Å². The van der Waals surface area contributed by atoms with Crippen LogP contribution in [0.5, 0.6) is 0 Å². The highest BCUT2D eigenvalue weighted by atomic mass is 19.4. The Morgan fingerprint density at radius 3 is 2.29 bits per heavy atom. The highest BCUT2D eigenvalue weighted by Gasteiger charge is 2.31. The lowest BCUT2D eigenvalue weighted by Gasteiger charge is -2.27. The van der Waals surface area contributed by atoms with Gasteiger partial charge in [0.05, 0.1) is 17.2 Å². The number of aliphatic carboxylic acids is 1. The van der Waals surface area contributed by atoms with E-state index in [0.29, 0.717) is 31.7 Å². The van der Waals surface area contributed by atoms with E-state index >= 15 is 0 Å². The van der Waals surface area contributed by atoms with E-state index in [2.05, 4.69) is 5.32 Å². The number of benzene rings is 1. The van der Waals surface area contributed by atoms with Gasteiger partial charge in [0, 0.05) is 6.04 Å². The van der Waals surface area contributed by atoms with E-state index in [0.717, 1.165) is 12.1 Å². The third-order valence-corrected chi connectivity index (χ3v) is 3.73. The number of hydrogen-bond donors (Lipinski definition) is 2. The van der Waals surface area contributed by atoms with Gasteiger partial charge in [0.25, 0.3) is 0 Å². The Kier molecular flexibility index (Phi) is 4.39. The van der Waals surface area contributed by atoms with E-state index in [1.807, 2.05) is 0 Å². The van der Waals surface area contributed by atoms with Crippen LogP contribution in [0.1, 0.15) is 31.2 Å². The molecule has 1 fully saturated rings. The van der Waals surface area contributed by atoms with Crippen molar-refractivity contribution >= 4 is 11.7 Å². The van der Waals surface area contributed by atoms with Gasteiger partial charge in [0.15, 0.2) is 0 Å². The van der Waals surface area contributed by atoms with Crippen LogP contribution < -0.4 is 5.32 Å². The number of carboxylic acid groups (broad SMARTS) is 1. The Morgan fingerprint density at radius 2 is 1.81 bits per heavy atom. The van der Waals surface area contributed by atoms with Crippen molar-refractivity contribution in [3.63, 3.8) is 0 Å². The molecule has 0 unspecified atom stereocenters. The highest BCUT2D eigenvalue weighted by Crippen LogP contribution is 2.32. The van der Waals surface area contributed by atoms with Gasteiger partial charge in [-0.05, 0) is 43.9 Å². The van der Waals surface area contributed by atoms with Crippen LogP contribution in [0.3, 0.4) is 0 Å². The molecule has 1 aliphatic rings. The Hall–Kier alpha value is -1.79. The first kappa shape index (κ1) is 15.6. The van der Waals surface area contributed by atoms with Crippen molar-refractivity contribution in [2.24, 2.45) is 5.92 Å². The lowest BCUT2D eigenvalue weighted by atomic mass is 9.86. The quantitative estimate of drug-likeness (QED) is 0.833. The van der Waals surface area contributed by atoms with Crippen LogP contribution in [0, 0.1) is 11.7 Å². The summed E-state index contributed by atoms with van der Waals surface area (Å²) in [4.78, 5) is 10.8. The Morgan fingerprint density at radius 1 is 1.19 bits per heavy atom. The summed E-state index contributed by atoms with van der Waals surface area (Å²) in [7, 11) is 0. The lowest BCUT2D eigenvalue weighted by molar-refractivity contribution is -0.142. The summed E-state index contributed by atoms with van der Waals surface area (Å²) in [6, 6.07) is 2.24. The second-order valence-electron chi connectivity index (χ2n) is 5.22. The van der Waals surface area contributed by atoms with Crippen LogP contribution in [0.4, 0.5) is 23.2 Å². The van der Waals surface area contributed by atoms with Crippen molar-refractivity contribution in [3.8, 4) is 0 Å². The largest absolute Gasteiger partial charge is 0.481 e. The summed E-state index contributed by atoms with van der Waals surface area (Å²) in [5.41, 5.74) is -1.01. The Bertz CT molecular complexity index is 522. The predicted molar refractivity (Wildman–Crippen MR) is 68.4 cm³/mol. The maximum Gasteiger partial charge on any atom is 0.416 e. The van der Waals surface area contributed by atoms with E-state index in [4.69, 9.17) is 5.11 Å². The van der Waals surface area contributed by atoms with Crippen molar-refractivity contribution in [1.82, 2.24) is 0 Å². The average Bonchev–Trinajstić information content (AvgIpc) is 2.40. The van der Waals surface area contributed by atoms with E-state index in [9.17, 15) is 22.4 Å². The molecule has 21 heavy (non-hydrogen) atoms. The summed E-state index contributed by atoms with van der Waals surface area (Å²) in [6.45, 7) is 0. The number of nitrogens with one attached hydrogen (secondary N) is 1. The maximum atomic E-state index is 13.7. The molecule has 1 aromatic rings. The molecule has 3 nitrogen and oxygen atoms in total. The molecule has 2 rings (SSSR count). The number of alkyl halides is 3. The molecule has 0 saturated heterocycles. The van der Waals surface area contributed by atoms with Crippen LogP contribution in [0.25, 0.3) is 0 Å². The fraction of sp³-hybridized carbons (Fsp3) is 0.500. The van der Waals surface area contributed by atoms with Gasteiger partial charge >= 0.3 is 12.1 Å². The van der Waals surface area contributed by atoms with E-state index < -0.39 is 23.5 Å². The lowest BCUT2D eigenvalue weighted by Crippen LogP contribution is -2.29. The molecule has 0 heterocycles. The molecule has 1 saturated carbocycles. The molecule has 2 N–H and O–H groups in total. The minimum Gasteiger partial charge on any atom is -0.481 e. The van der Waals surface area contributed by atoms with Crippen molar-refractivity contribution in [2.45, 2.75) is 37.9 Å². The normalized spacial score (nSPS) is 22.9. The van der Waals surface area contributed by atoms with Gasteiger partial charge in [0.1, 0.15) is 5.82 Å². The van der Waals surface area contributed by atoms with Gasteiger partial charge in [-0.3, -0.25) is 4.79 Å². The monoisotopic (exact) mass is 305 g/mol. The van der Waals surface area contributed by atoms with Crippen molar-refractivity contribution in [3.05, 3.63) is 29.6 Å². The second kappa shape index (κ2) is 5.91.